The molecule has 1 heterocycles. The van der Waals surface area contributed by atoms with E-state index < -0.39 is 23.5 Å². The van der Waals surface area contributed by atoms with E-state index >= 15 is 0 Å². The molecule has 0 aromatic heterocycles. The highest BCUT2D eigenvalue weighted by Gasteiger charge is 2.32. The van der Waals surface area contributed by atoms with E-state index in [1.165, 1.54) is 24.3 Å². The number of nitrogens with zero attached hydrogens (tertiary/aromatic N) is 1. The van der Waals surface area contributed by atoms with Crippen LogP contribution in [-0.4, -0.2) is 32.2 Å². The Morgan fingerprint density at radius 2 is 1.81 bits per heavy atom. The smallest absolute Gasteiger partial charge is 0.378 e. The molecular weight excluding hydrogens is 364 g/mol. The summed E-state index contributed by atoms with van der Waals surface area (Å²) in [6.45, 7) is 1.90. The predicted octanol–water partition coefficient (Wildman–Crippen LogP) is 3.86. The molecule has 0 radical (unpaired) electrons. The van der Waals surface area contributed by atoms with E-state index in [0.29, 0.717) is 32.0 Å². The second kappa shape index (κ2) is 7.96. The first kappa shape index (κ1) is 19.2. The molecule has 1 aliphatic rings. The number of amides is 1. The van der Waals surface area contributed by atoms with E-state index in [1.807, 2.05) is 4.90 Å². The third-order valence-electron chi connectivity index (χ3n) is 4.26. The molecule has 1 amide bonds. The zero-order valence-electron chi connectivity index (χ0n) is 14.4. The average molecular weight is 382 g/mol. The number of alkyl halides is 3. The zero-order valence-corrected chi connectivity index (χ0v) is 14.4. The molecule has 0 bridgehead atoms. The Morgan fingerprint density at radius 3 is 2.48 bits per heavy atom. The molecule has 0 unspecified atom stereocenters. The van der Waals surface area contributed by atoms with Crippen LogP contribution >= 0.6 is 0 Å². The first-order chi connectivity index (χ1) is 12.8. The molecule has 8 heteroatoms. The average Bonchev–Trinajstić information content (AvgIpc) is 2.63. The second-order valence-electron chi connectivity index (χ2n) is 6.15. The van der Waals surface area contributed by atoms with Gasteiger partial charge in [-0.2, -0.15) is 13.2 Å². The fourth-order valence-corrected chi connectivity index (χ4v) is 2.90. The summed E-state index contributed by atoms with van der Waals surface area (Å²) < 4.78 is 58.2. The zero-order chi connectivity index (χ0) is 19.4. The summed E-state index contributed by atoms with van der Waals surface area (Å²) in [6, 6.07) is 9.01. The second-order valence-corrected chi connectivity index (χ2v) is 6.15. The third kappa shape index (κ3) is 4.77. The normalized spacial score (nSPS) is 14.9. The molecule has 1 fully saturated rings. The Hall–Kier alpha value is -2.61. The van der Waals surface area contributed by atoms with Gasteiger partial charge in [-0.1, -0.05) is 18.2 Å². The van der Waals surface area contributed by atoms with Gasteiger partial charge in [0.05, 0.1) is 36.6 Å². The molecule has 3 rings (SSSR count). The molecule has 0 aliphatic carbocycles. The van der Waals surface area contributed by atoms with Gasteiger partial charge in [-0.3, -0.25) is 4.79 Å². The fraction of sp³-hybridized carbons (Fsp3) is 0.316. The van der Waals surface area contributed by atoms with E-state index in [0.717, 1.165) is 12.1 Å². The number of nitrogens with one attached hydrogen (secondary N) is 1. The Labute approximate surface area is 153 Å². The molecular formula is C19H18F4N2O2. The lowest BCUT2D eigenvalue weighted by Gasteiger charge is -2.31. The molecule has 4 nitrogen and oxygen atoms in total. The summed E-state index contributed by atoms with van der Waals surface area (Å²) in [5, 5.41) is 2.51. The van der Waals surface area contributed by atoms with Crippen molar-refractivity contribution in [3.63, 3.8) is 0 Å². The number of hydrogen-bond donors (Lipinski definition) is 1. The van der Waals surface area contributed by atoms with Crippen molar-refractivity contribution >= 4 is 17.3 Å². The van der Waals surface area contributed by atoms with Gasteiger partial charge < -0.3 is 15.0 Å². The molecule has 27 heavy (non-hydrogen) atoms. The SMILES string of the molecule is O=C(Cc1ccccc1F)Nc1cc(C(F)(F)F)ccc1N1CCOCC1. The summed E-state index contributed by atoms with van der Waals surface area (Å²) >= 11 is 0. The highest BCUT2D eigenvalue weighted by Crippen LogP contribution is 2.35. The number of rotatable bonds is 4. The highest BCUT2D eigenvalue weighted by atomic mass is 19.4. The maximum Gasteiger partial charge on any atom is 0.416 e. The number of anilines is 2. The molecule has 0 saturated carbocycles. The van der Waals surface area contributed by atoms with E-state index in [4.69, 9.17) is 4.74 Å². The first-order valence-electron chi connectivity index (χ1n) is 8.42. The maximum absolute atomic E-state index is 13.7. The highest BCUT2D eigenvalue weighted by molar-refractivity contribution is 5.95. The molecule has 0 spiro atoms. The number of carbonyl (C=O) groups is 1. The Kier molecular flexibility index (Phi) is 5.65. The summed E-state index contributed by atoms with van der Waals surface area (Å²) in [7, 11) is 0. The largest absolute Gasteiger partial charge is 0.416 e. The van der Waals surface area contributed by atoms with E-state index in [1.54, 1.807) is 6.07 Å². The van der Waals surface area contributed by atoms with Gasteiger partial charge in [0.2, 0.25) is 5.91 Å². The first-order valence-corrected chi connectivity index (χ1v) is 8.42. The minimum atomic E-state index is -4.53. The van der Waals surface area contributed by atoms with Gasteiger partial charge in [-0.25, -0.2) is 4.39 Å². The lowest BCUT2D eigenvalue weighted by molar-refractivity contribution is -0.137. The van der Waals surface area contributed by atoms with Gasteiger partial charge >= 0.3 is 6.18 Å². The van der Waals surface area contributed by atoms with Crippen LogP contribution in [0, 0.1) is 5.82 Å². The van der Waals surface area contributed by atoms with Gasteiger partial charge in [-0.15, -0.1) is 0 Å². The van der Waals surface area contributed by atoms with Gasteiger partial charge in [0.25, 0.3) is 0 Å². The fourth-order valence-electron chi connectivity index (χ4n) is 2.90. The van der Waals surface area contributed by atoms with Crippen molar-refractivity contribution in [3.05, 3.63) is 59.4 Å². The summed E-state index contributed by atoms with van der Waals surface area (Å²) in [4.78, 5) is 14.2. The summed E-state index contributed by atoms with van der Waals surface area (Å²) in [5.41, 5.74) is -0.156. The van der Waals surface area contributed by atoms with Crippen molar-refractivity contribution < 1.29 is 27.1 Å². The van der Waals surface area contributed by atoms with Gasteiger partial charge in [0.15, 0.2) is 0 Å². The standard InChI is InChI=1S/C19H18F4N2O2/c20-15-4-2-1-3-13(15)11-18(26)24-16-12-14(19(21,22)23)5-6-17(16)25-7-9-27-10-8-25/h1-6,12H,7-11H2,(H,24,26). The summed E-state index contributed by atoms with van der Waals surface area (Å²) in [5.74, 6) is -1.13. The predicted molar refractivity (Wildman–Crippen MR) is 93.2 cm³/mol. The van der Waals surface area contributed by atoms with Crippen LogP contribution in [0.1, 0.15) is 11.1 Å². The van der Waals surface area contributed by atoms with Crippen molar-refractivity contribution in [1.82, 2.24) is 0 Å². The Balaban J connectivity index is 1.86. The van der Waals surface area contributed by atoms with E-state index in [9.17, 15) is 22.4 Å². The summed E-state index contributed by atoms with van der Waals surface area (Å²) in [6.07, 6.45) is -4.81. The quantitative estimate of drug-likeness (QED) is 0.817. The molecule has 2 aromatic carbocycles. The van der Waals surface area contributed by atoms with E-state index in [2.05, 4.69) is 5.32 Å². The van der Waals surface area contributed by atoms with E-state index in [-0.39, 0.29) is 17.7 Å². The van der Waals surface area contributed by atoms with Crippen LogP contribution in [-0.2, 0) is 22.1 Å². The molecule has 1 saturated heterocycles. The number of carbonyl (C=O) groups excluding carboxylic acids is 1. The van der Waals surface area contributed by atoms with Crippen molar-refractivity contribution in [1.29, 1.82) is 0 Å². The maximum atomic E-state index is 13.7. The number of benzene rings is 2. The number of halogens is 4. The van der Waals surface area contributed by atoms with Gasteiger partial charge in [0.1, 0.15) is 5.82 Å². The minimum absolute atomic E-state index is 0.0491. The third-order valence-corrected chi connectivity index (χ3v) is 4.26. The lowest BCUT2D eigenvalue weighted by atomic mass is 10.1. The van der Waals surface area contributed by atoms with Crippen molar-refractivity contribution in [2.75, 3.05) is 36.5 Å². The molecule has 1 aliphatic heterocycles. The van der Waals surface area contributed by atoms with Crippen molar-refractivity contribution in [2.24, 2.45) is 0 Å². The molecule has 144 valence electrons. The molecule has 2 aromatic rings. The topological polar surface area (TPSA) is 41.6 Å². The lowest BCUT2D eigenvalue weighted by Crippen LogP contribution is -2.37. The van der Waals surface area contributed by atoms with Crippen LogP contribution in [0.15, 0.2) is 42.5 Å². The van der Waals surface area contributed by atoms with Crippen LogP contribution < -0.4 is 10.2 Å². The molecule has 1 N–H and O–H groups in total. The number of morpholine rings is 1. The molecule has 0 atom stereocenters. The van der Waals surface area contributed by atoms with Crippen molar-refractivity contribution in [3.8, 4) is 0 Å². The Bertz CT molecular complexity index is 818. The number of hydrogen-bond acceptors (Lipinski definition) is 3. The monoisotopic (exact) mass is 382 g/mol. The van der Waals surface area contributed by atoms with Crippen molar-refractivity contribution in [2.45, 2.75) is 12.6 Å². The Morgan fingerprint density at radius 1 is 1.11 bits per heavy atom. The van der Waals surface area contributed by atoms with Crippen LogP contribution in [0.2, 0.25) is 0 Å². The van der Waals surface area contributed by atoms with Gasteiger partial charge in [-0.05, 0) is 29.8 Å². The van der Waals surface area contributed by atoms with Crippen LogP contribution in [0.4, 0.5) is 28.9 Å². The van der Waals surface area contributed by atoms with Crippen LogP contribution in [0.3, 0.4) is 0 Å². The minimum Gasteiger partial charge on any atom is -0.378 e. The number of ether oxygens (including phenoxy) is 1. The van der Waals surface area contributed by atoms with Gasteiger partial charge in [0, 0.05) is 13.1 Å². The van der Waals surface area contributed by atoms with Crippen LogP contribution in [0.5, 0.6) is 0 Å². The van der Waals surface area contributed by atoms with Crippen LogP contribution in [0.25, 0.3) is 0 Å².